The van der Waals surface area contributed by atoms with Crippen LogP contribution in [0.15, 0.2) is 12.7 Å². The maximum Gasteiger partial charge on any atom is 0.0618 e. The smallest absolute Gasteiger partial charge is 0.0618 e. The third-order valence-electron chi connectivity index (χ3n) is 2.14. The molecule has 2 nitrogen and oxygen atoms in total. The summed E-state index contributed by atoms with van der Waals surface area (Å²) in [7, 11) is 1.75. The van der Waals surface area contributed by atoms with E-state index < -0.39 is 0 Å². The standard InChI is InChI=1S/C11H23NO/c1-5-6-7-8-12-11(9-13-4)10(2)3/h5,10-12H,1,6-9H2,2-4H3. The Morgan fingerprint density at radius 3 is 2.62 bits per heavy atom. The molecule has 1 atom stereocenters. The molecule has 0 spiro atoms. The van der Waals surface area contributed by atoms with Crippen LogP contribution in [0.2, 0.25) is 0 Å². The van der Waals surface area contributed by atoms with Gasteiger partial charge in [0.2, 0.25) is 0 Å². The SMILES string of the molecule is C=CCCCNC(COC)C(C)C. The fourth-order valence-corrected chi connectivity index (χ4v) is 1.20. The minimum Gasteiger partial charge on any atom is -0.383 e. The number of hydrogen-bond donors (Lipinski definition) is 1. The Kier molecular flexibility index (Phi) is 8.05. The zero-order valence-corrected chi connectivity index (χ0v) is 9.18. The molecule has 0 aromatic rings. The number of ether oxygens (including phenoxy) is 1. The topological polar surface area (TPSA) is 21.3 Å². The molecular formula is C11H23NO. The zero-order valence-electron chi connectivity index (χ0n) is 9.18. The van der Waals surface area contributed by atoms with Crippen LogP contribution in [-0.2, 0) is 4.74 Å². The average molecular weight is 185 g/mol. The molecule has 0 radical (unpaired) electrons. The van der Waals surface area contributed by atoms with Gasteiger partial charge in [-0.1, -0.05) is 19.9 Å². The summed E-state index contributed by atoms with van der Waals surface area (Å²) in [6, 6.07) is 0.481. The quantitative estimate of drug-likeness (QED) is 0.462. The van der Waals surface area contributed by atoms with E-state index in [2.05, 4.69) is 25.7 Å². The van der Waals surface area contributed by atoms with Crippen LogP contribution in [0.4, 0.5) is 0 Å². The van der Waals surface area contributed by atoms with Gasteiger partial charge in [0.15, 0.2) is 0 Å². The van der Waals surface area contributed by atoms with Crippen LogP contribution in [0.1, 0.15) is 26.7 Å². The number of nitrogens with one attached hydrogen (secondary N) is 1. The van der Waals surface area contributed by atoms with Gasteiger partial charge >= 0.3 is 0 Å². The van der Waals surface area contributed by atoms with Crippen LogP contribution in [0, 0.1) is 5.92 Å². The van der Waals surface area contributed by atoms with Gasteiger partial charge in [0, 0.05) is 13.2 Å². The highest BCUT2D eigenvalue weighted by Gasteiger charge is 2.10. The first kappa shape index (κ1) is 12.7. The number of unbranched alkanes of at least 4 members (excludes halogenated alkanes) is 1. The van der Waals surface area contributed by atoms with Gasteiger partial charge in [0.1, 0.15) is 0 Å². The van der Waals surface area contributed by atoms with Crippen molar-refractivity contribution in [3.05, 3.63) is 12.7 Å². The van der Waals surface area contributed by atoms with E-state index >= 15 is 0 Å². The molecule has 0 saturated carbocycles. The Morgan fingerprint density at radius 1 is 1.46 bits per heavy atom. The molecule has 2 heteroatoms. The van der Waals surface area contributed by atoms with Crippen molar-refractivity contribution in [2.75, 3.05) is 20.3 Å². The summed E-state index contributed by atoms with van der Waals surface area (Å²) in [6.45, 7) is 9.97. The summed E-state index contributed by atoms with van der Waals surface area (Å²) in [5, 5.41) is 3.48. The summed E-state index contributed by atoms with van der Waals surface area (Å²) in [5.41, 5.74) is 0. The fraction of sp³-hybridized carbons (Fsp3) is 0.818. The van der Waals surface area contributed by atoms with Crippen molar-refractivity contribution in [1.82, 2.24) is 5.32 Å². The van der Waals surface area contributed by atoms with Crippen molar-refractivity contribution in [1.29, 1.82) is 0 Å². The lowest BCUT2D eigenvalue weighted by Crippen LogP contribution is -2.38. The van der Waals surface area contributed by atoms with Crippen LogP contribution >= 0.6 is 0 Å². The van der Waals surface area contributed by atoms with Gasteiger partial charge in [-0.2, -0.15) is 0 Å². The molecule has 0 aliphatic carbocycles. The van der Waals surface area contributed by atoms with Crippen molar-refractivity contribution >= 4 is 0 Å². The normalized spacial score (nSPS) is 13.2. The molecule has 0 rings (SSSR count). The molecule has 1 N–H and O–H groups in total. The van der Waals surface area contributed by atoms with Crippen LogP contribution < -0.4 is 5.32 Å². The second-order valence-electron chi connectivity index (χ2n) is 3.69. The number of allylic oxidation sites excluding steroid dienone is 1. The average Bonchev–Trinajstić information content (AvgIpc) is 2.10. The Hall–Kier alpha value is -0.340. The van der Waals surface area contributed by atoms with Gasteiger partial charge in [-0.3, -0.25) is 0 Å². The Balaban J connectivity index is 3.50. The van der Waals surface area contributed by atoms with E-state index in [4.69, 9.17) is 4.74 Å². The van der Waals surface area contributed by atoms with E-state index in [-0.39, 0.29) is 0 Å². The summed E-state index contributed by atoms with van der Waals surface area (Å²) < 4.78 is 5.14. The third-order valence-corrected chi connectivity index (χ3v) is 2.14. The highest BCUT2D eigenvalue weighted by Crippen LogP contribution is 2.02. The Labute approximate surface area is 82.4 Å². The van der Waals surface area contributed by atoms with Gasteiger partial charge < -0.3 is 10.1 Å². The first-order valence-corrected chi connectivity index (χ1v) is 5.05. The molecule has 0 heterocycles. The van der Waals surface area contributed by atoms with Crippen molar-refractivity contribution in [3.63, 3.8) is 0 Å². The fourth-order valence-electron chi connectivity index (χ4n) is 1.20. The minimum absolute atomic E-state index is 0.481. The predicted octanol–water partition coefficient (Wildman–Crippen LogP) is 2.21. The molecular weight excluding hydrogens is 162 g/mol. The molecule has 0 fully saturated rings. The third kappa shape index (κ3) is 6.79. The molecule has 0 aliphatic heterocycles. The van der Waals surface area contributed by atoms with Gasteiger partial charge in [-0.25, -0.2) is 0 Å². The molecule has 0 aromatic carbocycles. The molecule has 13 heavy (non-hydrogen) atoms. The first-order valence-electron chi connectivity index (χ1n) is 5.05. The van der Waals surface area contributed by atoms with Crippen LogP contribution in [0.3, 0.4) is 0 Å². The highest BCUT2D eigenvalue weighted by atomic mass is 16.5. The van der Waals surface area contributed by atoms with E-state index in [1.165, 1.54) is 0 Å². The Morgan fingerprint density at radius 2 is 2.15 bits per heavy atom. The van der Waals surface area contributed by atoms with Gasteiger partial charge in [0.05, 0.1) is 6.61 Å². The van der Waals surface area contributed by atoms with Crippen molar-refractivity contribution < 1.29 is 4.74 Å². The summed E-state index contributed by atoms with van der Waals surface area (Å²) in [6.07, 6.45) is 4.21. The van der Waals surface area contributed by atoms with Gasteiger partial charge in [0.25, 0.3) is 0 Å². The number of rotatable bonds is 8. The minimum atomic E-state index is 0.481. The van der Waals surface area contributed by atoms with Gasteiger partial charge in [-0.15, -0.1) is 6.58 Å². The first-order chi connectivity index (χ1) is 6.22. The molecule has 0 amide bonds. The molecule has 1 unspecified atom stereocenters. The lowest BCUT2D eigenvalue weighted by atomic mass is 10.1. The Bertz CT molecular complexity index is 123. The van der Waals surface area contributed by atoms with E-state index in [0.29, 0.717) is 12.0 Å². The maximum atomic E-state index is 5.14. The molecule has 0 aliphatic rings. The largest absolute Gasteiger partial charge is 0.383 e. The lowest BCUT2D eigenvalue weighted by molar-refractivity contribution is 0.147. The molecule has 0 aromatic heterocycles. The second-order valence-corrected chi connectivity index (χ2v) is 3.69. The lowest BCUT2D eigenvalue weighted by Gasteiger charge is -2.21. The zero-order chi connectivity index (χ0) is 10.1. The van der Waals surface area contributed by atoms with Crippen molar-refractivity contribution in [2.45, 2.75) is 32.7 Å². The molecule has 78 valence electrons. The van der Waals surface area contributed by atoms with E-state index in [9.17, 15) is 0 Å². The van der Waals surface area contributed by atoms with Crippen LogP contribution in [-0.4, -0.2) is 26.3 Å². The van der Waals surface area contributed by atoms with Crippen molar-refractivity contribution in [2.24, 2.45) is 5.92 Å². The summed E-state index contributed by atoms with van der Waals surface area (Å²) in [4.78, 5) is 0. The van der Waals surface area contributed by atoms with E-state index in [1.54, 1.807) is 7.11 Å². The monoisotopic (exact) mass is 185 g/mol. The van der Waals surface area contributed by atoms with E-state index in [1.807, 2.05) is 6.08 Å². The molecule has 0 bridgehead atoms. The maximum absolute atomic E-state index is 5.14. The predicted molar refractivity (Wildman–Crippen MR) is 57.9 cm³/mol. The van der Waals surface area contributed by atoms with Gasteiger partial charge in [-0.05, 0) is 25.3 Å². The summed E-state index contributed by atoms with van der Waals surface area (Å²) in [5.74, 6) is 0.628. The van der Waals surface area contributed by atoms with E-state index in [0.717, 1.165) is 26.0 Å². The molecule has 0 saturated heterocycles. The summed E-state index contributed by atoms with van der Waals surface area (Å²) >= 11 is 0. The number of methoxy groups -OCH3 is 1. The second kappa shape index (κ2) is 8.27. The van der Waals surface area contributed by atoms with Crippen molar-refractivity contribution in [3.8, 4) is 0 Å². The number of hydrogen-bond acceptors (Lipinski definition) is 2. The van der Waals surface area contributed by atoms with Crippen LogP contribution in [0.25, 0.3) is 0 Å². The highest BCUT2D eigenvalue weighted by molar-refractivity contribution is 4.71. The van der Waals surface area contributed by atoms with Crippen LogP contribution in [0.5, 0.6) is 0 Å².